The zero-order chi connectivity index (χ0) is 28.2. The summed E-state index contributed by atoms with van der Waals surface area (Å²) in [7, 11) is 1.61. The Morgan fingerprint density at radius 3 is 2.52 bits per heavy atom. The number of benzene rings is 2. The second-order valence-corrected chi connectivity index (χ2v) is 10.1. The molecular weight excluding hydrogens is 516 g/mol. The summed E-state index contributed by atoms with van der Waals surface area (Å²) in [5, 5.41) is 2.20. The van der Waals surface area contributed by atoms with E-state index in [1.54, 1.807) is 25.3 Å². The van der Waals surface area contributed by atoms with Crippen molar-refractivity contribution in [2.45, 2.75) is 31.7 Å². The van der Waals surface area contributed by atoms with Crippen molar-refractivity contribution in [3.05, 3.63) is 59.2 Å². The molecule has 0 radical (unpaired) electrons. The smallest absolute Gasteiger partial charge is 0.266 e. The van der Waals surface area contributed by atoms with E-state index in [9.17, 15) is 24.0 Å². The van der Waals surface area contributed by atoms with Crippen LogP contribution in [-0.2, 0) is 20.8 Å². The molecule has 1 atom stereocenters. The van der Waals surface area contributed by atoms with Gasteiger partial charge in [0, 0.05) is 39.1 Å². The van der Waals surface area contributed by atoms with E-state index in [2.05, 4.69) is 10.2 Å². The van der Waals surface area contributed by atoms with E-state index in [1.807, 2.05) is 29.2 Å². The molecule has 0 aliphatic carbocycles. The van der Waals surface area contributed by atoms with E-state index in [4.69, 9.17) is 9.47 Å². The Labute approximate surface area is 232 Å². The maximum Gasteiger partial charge on any atom is 0.266 e. The number of imide groups is 2. The first-order valence-corrected chi connectivity index (χ1v) is 13.5. The standard InChI is InChI=1S/C29H32N4O7/c1-39-20-6-2-5-19(17-20)18-25(35)32-14-12-31(13-15-32)11-4-16-40-23-8-3-7-21-26(23)29(38)33(28(21)37)22-9-10-24(34)30-27(22)36/h2-3,5-8,17,22H,4,9-16,18H2,1H3,(H,30,34,36). The Bertz CT molecular complexity index is 1340. The van der Waals surface area contributed by atoms with E-state index in [0.717, 1.165) is 35.8 Å². The maximum absolute atomic E-state index is 13.2. The van der Waals surface area contributed by atoms with Gasteiger partial charge in [0.05, 0.1) is 31.3 Å². The van der Waals surface area contributed by atoms with Crippen molar-refractivity contribution >= 4 is 29.5 Å². The summed E-state index contributed by atoms with van der Waals surface area (Å²) in [5.41, 5.74) is 1.28. The summed E-state index contributed by atoms with van der Waals surface area (Å²) in [6, 6.07) is 11.4. The summed E-state index contributed by atoms with van der Waals surface area (Å²) >= 11 is 0. The SMILES string of the molecule is COc1cccc(CC(=O)N2CCN(CCCOc3cccc4c3C(=O)N(C3CCC(=O)NC3=O)C4=O)CC2)c1. The third-order valence-electron chi connectivity index (χ3n) is 7.52. The van der Waals surface area contributed by atoms with E-state index in [-0.39, 0.29) is 29.9 Å². The number of rotatable bonds is 9. The number of carbonyl (C=O) groups is 5. The second kappa shape index (κ2) is 11.9. The fourth-order valence-electron chi connectivity index (χ4n) is 5.36. The van der Waals surface area contributed by atoms with Crippen LogP contribution in [-0.4, -0.2) is 96.7 Å². The minimum atomic E-state index is -1.01. The monoisotopic (exact) mass is 548 g/mol. The molecule has 11 heteroatoms. The fraction of sp³-hybridized carbons (Fsp3) is 0.414. The number of piperidine rings is 1. The van der Waals surface area contributed by atoms with Crippen LogP contribution in [0.5, 0.6) is 11.5 Å². The number of carbonyl (C=O) groups excluding carboxylic acids is 5. The number of ether oxygens (including phenoxy) is 2. The van der Waals surface area contributed by atoms with Crippen LogP contribution in [0.1, 0.15) is 45.5 Å². The van der Waals surface area contributed by atoms with Gasteiger partial charge in [0.2, 0.25) is 17.7 Å². The van der Waals surface area contributed by atoms with Crippen molar-refractivity contribution in [2.24, 2.45) is 0 Å². The van der Waals surface area contributed by atoms with E-state index >= 15 is 0 Å². The van der Waals surface area contributed by atoms with Gasteiger partial charge in [0.25, 0.3) is 11.8 Å². The second-order valence-electron chi connectivity index (χ2n) is 10.1. The van der Waals surface area contributed by atoms with Gasteiger partial charge in [-0.2, -0.15) is 0 Å². The lowest BCUT2D eigenvalue weighted by Crippen LogP contribution is -2.54. The van der Waals surface area contributed by atoms with Crippen LogP contribution in [0.3, 0.4) is 0 Å². The van der Waals surface area contributed by atoms with Crippen molar-refractivity contribution in [1.29, 1.82) is 0 Å². The molecule has 0 spiro atoms. The third-order valence-corrected chi connectivity index (χ3v) is 7.52. The molecule has 2 fully saturated rings. The first-order valence-electron chi connectivity index (χ1n) is 13.5. The van der Waals surface area contributed by atoms with Crippen LogP contribution < -0.4 is 14.8 Å². The minimum absolute atomic E-state index is 0.0673. The Kier molecular flexibility index (Phi) is 8.11. The molecule has 11 nitrogen and oxygen atoms in total. The van der Waals surface area contributed by atoms with Crippen molar-refractivity contribution < 1.29 is 33.4 Å². The number of methoxy groups -OCH3 is 1. The molecule has 3 aliphatic heterocycles. The summed E-state index contributed by atoms with van der Waals surface area (Å²) in [5.74, 6) is -1.06. The highest BCUT2D eigenvalue weighted by atomic mass is 16.5. The Hall–Kier alpha value is -4.25. The van der Waals surface area contributed by atoms with E-state index in [1.165, 1.54) is 0 Å². The normalized spacial score (nSPS) is 19.5. The van der Waals surface area contributed by atoms with Crippen LogP contribution in [0.4, 0.5) is 0 Å². The van der Waals surface area contributed by atoms with Gasteiger partial charge in [0.15, 0.2) is 0 Å². The number of nitrogens with one attached hydrogen (secondary N) is 1. The summed E-state index contributed by atoms with van der Waals surface area (Å²) in [6.45, 7) is 3.94. The van der Waals surface area contributed by atoms with Crippen molar-refractivity contribution in [1.82, 2.24) is 20.0 Å². The summed E-state index contributed by atoms with van der Waals surface area (Å²) in [6.07, 6.45) is 1.21. The number of nitrogens with zero attached hydrogens (tertiary/aromatic N) is 3. The van der Waals surface area contributed by atoms with Gasteiger partial charge in [-0.05, 0) is 42.7 Å². The molecule has 1 N–H and O–H groups in total. The molecule has 2 aromatic carbocycles. The zero-order valence-electron chi connectivity index (χ0n) is 22.4. The van der Waals surface area contributed by atoms with Crippen LogP contribution in [0, 0.1) is 0 Å². The average Bonchev–Trinajstić information content (AvgIpc) is 3.21. The first-order chi connectivity index (χ1) is 19.4. The Morgan fingerprint density at radius 2 is 1.77 bits per heavy atom. The van der Waals surface area contributed by atoms with Crippen LogP contribution in [0.25, 0.3) is 0 Å². The molecule has 1 unspecified atom stereocenters. The molecule has 0 saturated carbocycles. The van der Waals surface area contributed by atoms with Gasteiger partial charge in [-0.25, -0.2) is 0 Å². The molecule has 40 heavy (non-hydrogen) atoms. The van der Waals surface area contributed by atoms with Crippen molar-refractivity contribution in [3.63, 3.8) is 0 Å². The molecule has 3 aliphatic rings. The Balaban J connectivity index is 1.09. The molecule has 5 amide bonds. The molecule has 0 bridgehead atoms. The topological polar surface area (TPSA) is 126 Å². The highest BCUT2D eigenvalue weighted by Crippen LogP contribution is 2.33. The van der Waals surface area contributed by atoms with Gasteiger partial charge in [-0.1, -0.05) is 18.2 Å². The van der Waals surface area contributed by atoms with Crippen LogP contribution in [0.15, 0.2) is 42.5 Å². The lowest BCUT2D eigenvalue weighted by Gasteiger charge is -2.34. The molecule has 3 heterocycles. The van der Waals surface area contributed by atoms with Crippen LogP contribution in [0.2, 0.25) is 0 Å². The van der Waals surface area contributed by atoms with E-state index in [0.29, 0.717) is 38.3 Å². The lowest BCUT2D eigenvalue weighted by atomic mass is 10.0. The highest BCUT2D eigenvalue weighted by molar-refractivity contribution is 6.24. The zero-order valence-corrected chi connectivity index (χ0v) is 22.4. The fourth-order valence-corrected chi connectivity index (χ4v) is 5.36. The van der Waals surface area contributed by atoms with Crippen molar-refractivity contribution in [2.75, 3.05) is 46.4 Å². The molecule has 210 valence electrons. The summed E-state index contributed by atoms with van der Waals surface area (Å²) in [4.78, 5) is 67.8. The quantitative estimate of drug-likeness (QED) is 0.367. The number of hydrogen-bond acceptors (Lipinski definition) is 8. The largest absolute Gasteiger partial charge is 0.497 e. The molecule has 2 saturated heterocycles. The first kappa shape index (κ1) is 27.3. The molecular formula is C29H32N4O7. The van der Waals surface area contributed by atoms with Gasteiger partial charge >= 0.3 is 0 Å². The third kappa shape index (κ3) is 5.69. The lowest BCUT2D eigenvalue weighted by molar-refractivity contribution is -0.136. The number of amides is 5. The molecule has 5 rings (SSSR count). The van der Waals surface area contributed by atoms with Crippen LogP contribution >= 0.6 is 0 Å². The van der Waals surface area contributed by atoms with Gasteiger partial charge in [-0.15, -0.1) is 0 Å². The number of piperazine rings is 1. The minimum Gasteiger partial charge on any atom is -0.497 e. The average molecular weight is 549 g/mol. The van der Waals surface area contributed by atoms with Gasteiger partial charge < -0.3 is 14.4 Å². The molecule has 0 aromatic heterocycles. The number of hydrogen-bond donors (Lipinski definition) is 1. The number of fused-ring (bicyclic) bond motifs is 1. The Morgan fingerprint density at radius 1 is 1.00 bits per heavy atom. The maximum atomic E-state index is 13.2. The van der Waals surface area contributed by atoms with E-state index < -0.39 is 29.7 Å². The highest BCUT2D eigenvalue weighted by Gasteiger charge is 2.46. The molecule has 2 aromatic rings. The van der Waals surface area contributed by atoms with Crippen molar-refractivity contribution in [3.8, 4) is 11.5 Å². The predicted molar refractivity (Wildman–Crippen MR) is 143 cm³/mol. The van der Waals surface area contributed by atoms with Gasteiger partial charge in [0.1, 0.15) is 17.5 Å². The summed E-state index contributed by atoms with van der Waals surface area (Å²) < 4.78 is 11.2. The van der Waals surface area contributed by atoms with Gasteiger partial charge in [-0.3, -0.25) is 39.1 Å². The predicted octanol–water partition coefficient (Wildman–Crippen LogP) is 1.25.